The highest BCUT2D eigenvalue weighted by molar-refractivity contribution is 5.87. The molecule has 0 N–H and O–H groups in total. The quantitative estimate of drug-likeness (QED) is 0.415. The van der Waals surface area contributed by atoms with Crippen molar-refractivity contribution < 1.29 is 62.6 Å². The third-order valence-corrected chi connectivity index (χ3v) is 1.91. The van der Waals surface area contributed by atoms with Crippen molar-refractivity contribution >= 4 is 5.97 Å². The van der Waals surface area contributed by atoms with Gasteiger partial charge in [-0.25, -0.2) is 9.53 Å². The summed E-state index contributed by atoms with van der Waals surface area (Å²) in [5, 5.41) is 0. The van der Waals surface area contributed by atoms with Crippen LogP contribution < -0.4 is 0 Å². The lowest BCUT2D eigenvalue weighted by Gasteiger charge is -2.35. The fraction of sp³-hybridized carbons (Fsp3) is 0.667. The Hall–Kier alpha value is -1.60. The summed E-state index contributed by atoms with van der Waals surface area (Å²) in [6.07, 6.45) is -27.7. The molecule has 136 valence electrons. The minimum Gasteiger partial charge on any atom is -0.409 e. The summed E-state index contributed by atoms with van der Waals surface area (Å²) in [6.45, 7) is 3.15. The van der Waals surface area contributed by atoms with Gasteiger partial charge in [-0.1, -0.05) is 6.58 Å². The fourth-order valence-electron chi connectivity index (χ4n) is 0.782. The highest BCUT2D eigenvalue weighted by Crippen LogP contribution is 2.51. The molecular weight excluding hydrogens is 365 g/mol. The number of halogens is 11. The Morgan fingerprint density at radius 1 is 0.783 bits per heavy atom. The van der Waals surface area contributed by atoms with Crippen LogP contribution in [0.2, 0.25) is 0 Å². The highest BCUT2D eigenvalue weighted by atomic mass is 19.4. The van der Waals surface area contributed by atoms with Gasteiger partial charge in [0.2, 0.25) is 0 Å². The topological polar surface area (TPSA) is 35.5 Å². The normalized spacial score (nSPS) is 16.7. The van der Waals surface area contributed by atoms with Crippen LogP contribution in [-0.2, 0) is 14.3 Å². The van der Waals surface area contributed by atoms with Crippen LogP contribution >= 0.6 is 0 Å². The maximum Gasteiger partial charge on any atom is 0.483 e. The molecule has 3 nitrogen and oxygen atoms in total. The molecule has 0 aliphatic carbocycles. The van der Waals surface area contributed by atoms with Crippen molar-refractivity contribution in [1.82, 2.24) is 0 Å². The number of carbonyl (C=O) groups is 1. The number of esters is 1. The van der Waals surface area contributed by atoms with Crippen LogP contribution in [0.15, 0.2) is 12.2 Å². The summed E-state index contributed by atoms with van der Waals surface area (Å²) < 4.78 is 141. The summed E-state index contributed by atoms with van der Waals surface area (Å²) in [5.41, 5.74) is -1.09. The Morgan fingerprint density at radius 2 is 1.17 bits per heavy atom. The summed E-state index contributed by atoms with van der Waals surface area (Å²) in [5.74, 6) is -9.12. The number of hydrogen-bond acceptors (Lipinski definition) is 3. The van der Waals surface area contributed by atoms with Crippen molar-refractivity contribution in [2.75, 3.05) is 0 Å². The highest BCUT2D eigenvalue weighted by Gasteiger charge is 2.80. The van der Waals surface area contributed by atoms with E-state index in [-0.39, 0.29) is 0 Å². The smallest absolute Gasteiger partial charge is 0.409 e. The first-order chi connectivity index (χ1) is 9.78. The van der Waals surface area contributed by atoms with Crippen LogP contribution in [0.4, 0.5) is 48.3 Å². The van der Waals surface area contributed by atoms with Crippen LogP contribution in [0, 0.1) is 0 Å². The minimum absolute atomic E-state index is 0.558. The SMILES string of the molecule is C=C(C)C(=O)OC(F)(C(F)(F)F)C(F)(F)OC(F)(F)C(F)(F)F. The second-order valence-electron chi connectivity index (χ2n) is 3.90. The number of ether oxygens (including phenoxy) is 2. The molecule has 0 fully saturated rings. The van der Waals surface area contributed by atoms with Crippen molar-refractivity contribution in [3.8, 4) is 0 Å². The van der Waals surface area contributed by atoms with Crippen molar-refractivity contribution in [2.24, 2.45) is 0 Å². The van der Waals surface area contributed by atoms with Crippen LogP contribution in [-0.4, -0.2) is 36.4 Å². The van der Waals surface area contributed by atoms with E-state index in [4.69, 9.17) is 0 Å². The Labute approximate surface area is 119 Å². The van der Waals surface area contributed by atoms with E-state index in [1.165, 1.54) is 0 Å². The average molecular weight is 370 g/mol. The molecule has 0 saturated heterocycles. The average Bonchev–Trinajstić information content (AvgIpc) is 2.23. The first-order valence-corrected chi connectivity index (χ1v) is 4.95. The molecular formula is C9H5F11O3. The van der Waals surface area contributed by atoms with E-state index in [9.17, 15) is 53.1 Å². The van der Waals surface area contributed by atoms with Gasteiger partial charge >= 0.3 is 36.4 Å². The standard InChI is InChI=1S/C9H5F11O3/c1-3(2)4(21)22-5(10,6(11,12)13)8(17,18)23-9(19,20)7(14,15)16/h1H2,2H3. The number of alkyl halides is 11. The molecule has 0 heterocycles. The van der Waals surface area contributed by atoms with Crippen LogP contribution in [0.3, 0.4) is 0 Å². The first kappa shape index (κ1) is 21.4. The van der Waals surface area contributed by atoms with Gasteiger partial charge in [0.1, 0.15) is 0 Å². The molecule has 0 spiro atoms. The Bertz CT molecular complexity index is 478. The molecule has 23 heavy (non-hydrogen) atoms. The zero-order chi connectivity index (χ0) is 19.1. The number of hydrogen-bond donors (Lipinski definition) is 0. The van der Waals surface area contributed by atoms with Gasteiger partial charge in [0.05, 0.1) is 0 Å². The van der Waals surface area contributed by atoms with E-state index >= 15 is 0 Å². The first-order valence-electron chi connectivity index (χ1n) is 4.95. The van der Waals surface area contributed by atoms with E-state index in [0.717, 1.165) is 0 Å². The maximum absolute atomic E-state index is 13.4. The van der Waals surface area contributed by atoms with Crippen LogP contribution in [0.1, 0.15) is 6.92 Å². The second kappa shape index (κ2) is 5.79. The van der Waals surface area contributed by atoms with Gasteiger partial charge in [-0.3, -0.25) is 0 Å². The van der Waals surface area contributed by atoms with Gasteiger partial charge in [0.15, 0.2) is 0 Å². The third-order valence-electron chi connectivity index (χ3n) is 1.91. The van der Waals surface area contributed by atoms with E-state index in [1.54, 1.807) is 4.74 Å². The molecule has 0 saturated carbocycles. The summed E-state index contributed by atoms with van der Waals surface area (Å²) in [6, 6.07) is 0. The van der Waals surface area contributed by atoms with Gasteiger partial charge in [-0.2, -0.15) is 48.3 Å². The summed E-state index contributed by atoms with van der Waals surface area (Å²) in [7, 11) is 0. The molecule has 0 aromatic carbocycles. The van der Waals surface area contributed by atoms with Gasteiger partial charge in [-0.15, -0.1) is 0 Å². The Kier molecular flexibility index (Phi) is 5.39. The molecule has 0 amide bonds. The summed E-state index contributed by atoms with van der Waals surface area (Å²) >= 11 is 0. The van der Waals surface area contributed by atoms with E-state index in [2.05, 4.69) is 11.3 Å². The Morgan fingerprint density at radius 3 is 1.43 bits per heavy atom. The van der Waals surface area contributed by atoms with Gasteiger partial charge in [-0.05, 0) is 6.92 Å². The predicted molar refractivity (Wildman–Crippen MR) is 47.8 cm³/mol. The predicted octanol–water partition coefficient (Wildman–Crippen LogP) is 4.10. The van der Waals surface area contributed by atoms with Crippen LogP contribution in [0.5, 0.6) is 0 Å². The minimum atomic E-state index is -6.95. The van der Waals surface area contributed by atoms with Crippen LogP contribution in [0.25, 0.3) is 0 Å². The molecule has 1 atom stereocenters. The lowest BCUT2D eigenvalue weighted by atomic mass is 10.2. The fourth-order valence-corrected chi connectivity index (χ4v) is 0.782. The van der Waals surface area contributed by atoms with Crippen molar-refractivity contribution in [3.05, 3.63) is 12.2 Å². The maximum atomic E-state index is 13.4. The molecule has 0 aromatic rings. The zero-order valence-corrected chi connectivity index (χ0v) is 10.6. The molecule has 14 heteroatoms. The Balaban J connectivity index is 5.91. The lowest BCUT2D eigenvalue weighted by molar-refractivity contribution is -0.518. The monoisotopic (exact) mass is 370 g/mol. The molecule has 0 aromatic heterocycles. The van der Waals surface area contributed by atoms with Gasteiger partial charge in [0.25, 0.3) is 0 Å². The lowest BCUT2D eigenvalue weighted by Crippen LogP contribution is -2.62. The molecule has 0 bridgehead atoms. The van der Waals surface area contributed by atoms with Crippen molar-refractivity contribution in [2.45, 2.75) is 37.3 Å². The van der Waals surface area contributed by atoms with Gasteiger partial charge in [0, 0.05) is 5.57 Å². The third kappa shape index (κ3) is 4.23. The molecule has 1 unspecified atom stereocenters. The molecule has 0 rings (SSSR count). The van der Waals surface area contributed by atoms with E-state index in [1.807, 2.05) is 0 Å². The van der Waals surface area contributed by atoms with Crippen molar-refractivity contribution in [1.29, 1.82) is 0 Å². The zero-order valence-electron chi connectivity index (χ0n) is 10.6. The summed E-state index contributed by atoms with van der Waals surface area (Å²) in [4.78, 5) is 10.8. The van der Waals surface area contributed by atoms with Gasteiger partial charge < -0.3 is 4.74 Å². The molecule has 0 aliphatic rings. The molecule has 0 aliphatic heterocycles. The molecule has 0 radical (unpaired) electrons. The van der Waals surface area contributed by atoms with E-state index < -0.39 is 42.0 Å². The van der Waals surface area contributed by atoms with E-state index in [0.29, 0.717) is 6.92 Å². The van der Waals surface area contributed by atoms with Crippen molar-refractivity contribution in [3.63, 3.8) is 0 Å². The number of carbonyl (C=O) groups excluding carboxylic acids is 1. The second-order valence-corrected chi connectivity index (χ2v) is 3.90. The number of rotatable bonds is 5. The largest absolute Gasteiger partial charge is 0.483 e.